The lowest BCUT2D eigenvalue weighted by molar-refractivity contribution is -0.387. The molecule has 0 saturated carbocycles. The topological polar surface area (TPSA) is 111 Å². The largest absolute Gasteiger partial charge is 0.343 e. The Labute approximate surface area is 127 Å². The van der Waals surface area contributed by atoms with Gasteiger partial charge in [-0.3, -0.25) is 19.5 Å². The molecule has 0 aromatic carbocycles. The van der Waals surface area contributed by atoms with Gasteiger partial charge in [0.05, 0.1) is 9.80 Å². The van der Waals surface area contributed by atoms with E-state index in [1.807, 2.05) is 6.92 Å². The molecule has 0 spiro atoms. The number of nitrogens with zero attached hydrogens (tertiary/aromatic N) is 3. The minimum absolute atomic E-state index is 0.145. The molecule has 21 heavy (non-hydrogen) atoms. The zero-order chi connectivity index (χ0) is 15.6. The highest BCUT2D eigenvalue weighted by molar-refractivity contribution is 8.01. The molecule has 0 aliphatic rings. The lowest BCUT2D eigenvalue weighted by atomic mass is 10.3. The normalized spacial score (nSPS) is 10.8. The lowest BCUT2D eigenvalue weighted by Gasteiger charge is -2.01. The van der Waals surface area contributed by atoms with Gasteiger partial charge >= 0.3 is 5.69 Å². The van der Waals surface area contributed by atoms with E-state index in [-0.39, 0.29) is 17.2 Å². The fourth-order valence-corrected chi connectivity index (χ4v) is 3.81. The Kier molecular flexibility index (Phi) is 4.58. The molecule has 0 amide bonds. The van der Waals surface area contributed by atoms with Crippen LogP contribution in [0.25, 0.3) is 0 Å². The molecule has 0 bridgehead atoms. The van der Waals surface area contributed by atoms with E-state index < -0.39 is 4.92 Å². The van der Waals surface area contributed by atoms with E-state index in [0.717, 1.165) is 29.5 Å². The van der Waals surface area contributed by atoms with Gasteiger partial charge in [0.1, 0.15) is 4.21 Å². The molecule has 0 atom stereocenters. The number of Topliss-reactive ketones (excluding diaryl/α,β-unsaturated/α-hetero) is 1. The molecule has 0 aliphatic carbocycles. The quantitative estimate of drug-likeness (QED) is 0.495. The van der Waals surface area contributed by atoms with Crippen molar-refractivity contribution < 1.29 is 9.72 Å². The number of H-pyrrole nitrogens is 1. The predicted molar refractivity (Wildman–Crippen MR) is 78.2 cm³/mol. The average Bonchev–Trinajstić information content (AvgIpc) is 2.98. The number of carbonyl (C=O) groups excluding carboxylic acids is 1. The average molecular weight is 328 g/mol. The van der Waals surface area contributed by atoms with Crippen molar-refractivity contribution in [3.05, 3.63) is 31.5 Å². The standard InChI is InChI=1S/C11H12N4O4S2/c1-3-4-14-10(17)12-13-11(14)21-9-7(15(18)19)5-8(20-9)6(2)16/h5H,3-4H2,1-2H3,(H,12,17). The first-order valence-corrected chi connectivity index (χ1v) is 7.69. The maximum Gasteiger partial charge on any atom is 0.343 e. The first-order chi connectivity index (χ1) is 9.93. The van der Waals surface area contributed by atoms with Crippen LogP contribution in [0.15, 0.2) is 20.2 Å². The van der Waals surface area contributed by atoms with Crippen molar-refractivity contribution in [2.75, 3.05) is 0 Å². The Hall–Kier alpha value is -1.94. The minimum Gasteiger partial charge on any atom is -0.294 e. The molecule has 0 radical (unpaired) electrons. The number of nitrogens with one attached hydrogen (secondary N) is 1. The molecule has 2 heterocycles. The van der Waals surface area contributed by atoms with E-state index in [1.165, 1.54) is 17.6 Å². The van der Waals surface area contributed by atoms with Gasteiger partial charge in [-0.2, -0.15) is 0 Å². The first-order valence-electron chi connectivity index (χ1n) is 6.06. The van der Waals surface area contributed by atoms with Gasteiger partial charge in [0.25, 0.3) is 5.69 Å². The van der Waals surface area contributed by atoms with Gasteiger partial charge in [-0.15, -0.1) is 16.4 Å². The molecule has 8 nitrogen and oxygen atoms in total. The fraction of sp³-hybridized carbons (Fsp3) is 0.364. The smallest absolute Gasteiger partial charge is 0.294 e. The Morgan fingerprint density at radius 2 is 2.33 bits per heavy atom. The fourth-order valence-electron chi connectivity index (χ4n) is 1.62. The van der Waals surface area contributed by atoms with Crippen LogP contribution in [-0.4, -0.2) is 25.5 Å². The summed E-state index contributed by atoms with van der Waals surface area (Å²) in [6, 6.07) is 1.25. The molecular formula is C11H12N4O4S2. The first kappa shape index (κ1) is 15.4. The SMILES string of the molecule is CCCn1c(Sc2sc(C(C)=O)cc2[N+](=O)[O-])n[nH]c1=O. The van der Waals surface area contributed by atoms with Crippen LogP contribution >= 0.6 is 23.1 Å². The molecule has 0 saturated heterocycles. The van der Waals surface area contributed by atoms with Crippen LogP contribution in [0.2, 0.25) is 0 Å². The monoisotopic (exact) mass is 328 g/mol. The van der Waals surface area contributed by atoms with Gasteiger partial charge in [0.2, 0.25) is 0 Å². The molecule has 2 aromatic heterocycles. The van der Waals surface area contributed by atoms with Crippen molar-refractivity contribution in [1.29, 1.82) is 0 Å². The number of carbonyl (C=O) groups is 1. The van der Waals surface area contributed by atoms with Crippen molar-refractivity contribution in [2.45, 2.75) is 36.2 Å². The summed E-state index contributed by atoms with van der Waals surface area (Å²) in [5.74, 6) is -0.233. The maximum atomic E-state index is 11.6. The third-order valence-corrected chi connectivity index (χ3v) is 4.99. The van der Waals surface area contributed by atoms with Crippen molar-refractivity contribution in [3.63, 3.8) is 0 Å². The van der Waals surface area contributed by atoms with E-state index in [1.54, 1.807) is 0 Å². The highest BCUT2D eigenvalue weighted by Crippen LogP contribution is 2.40. The van der Waals surface area contributed by atoms with E-state index >= 15 is 0 Å². The van der Waals surface area contributed by atoms with Gasteiger partial charge in [-0.05, 0) is 25.1 Å². The highest BCUT2D eigenvalue weighted by Gasteiger charge is 2.23. The number of aromatic amines is 1. The van der Waals surface area contributed by atoms with Gasteiger partial charge < -0.3 is 0 Å². The molecule has 112 valence electrons. The molecule has 0 aliphatic heterocycles. The summed E-state index contributed by atoms with van der Waals surface area (Å²) >= 11 is 2.04. The van der Waals surface area contributed by atoms with E-state index in [2.05, 4.69) is 10.2 Å². The number of aromatic nitrogens is 3. The molecular weight excluding hydrogens is 316 g/mol. The molecule has 0 fully saturated rings. The van der Waals surface area contributed by atoms with Crippen LogP contribution in [0, 0.1) is 10.1 Å². The van der Waals surface area contributed by atoms with Crippen molar-refractivity contribution in [3.8, 4) is 0 Å². The second-order valence-electron chi connectivity index (χ2n) is 4.16. The van der Waals surface area contributed by atoms with E-state index in [4.69, 9.17) is 0 Å². The van der Waals surface area contributed by atoms with E-state index in [0.29, 0.717) is 20.8 Å². The van der Waals surface area contributed by atoms with Crippen LogP contribution in [0.4, 0.5) is 5.69 Å². The van der Waals surface area contributed by atoms with Crippen LogP contribution in [0.5, 0.6) is 0 Å². The number of nitro groups is 1. The second kappa shape index (κ2) is 6.22. The summed E-state index contributed by atoms with van der Waals surface area (Å²) in [4.78, 5) is 33.8. The summed E-state index contributed by atoms with van der Waals surface area (Å²) in [5.41, 5.74) is -0.501. The third kappa shape index (κ3) is 3.22. The van der Waals surface area contributed by atoms with Crippen molar-refractivity contribution in [1.82, 2.24) is 14.8 Å². The Morgan fingerprint density at radius 1 is 1.62 bits per heavy atom. The van der Waals surface area contributed by atoms with Crippen LogP contribution in [-0.2, 0) is 6.54 Å². The zero-order valence-electron chi connectivity index (χ0n) is 11.3. The minimum atomic E-state index is -0.541. The maximum absolute atomic E-state index is 11.6. The van der Waals surface area contributed by atoms with Gasteiger partial charge in [0, 0.05) is 12.6 Å². The summed E-state index contributed by atoms with van der Waals surface area (Å²) in [6.45, 7) is 3.73. The van der Waals surface area contributed by atoms with Gasteiger partial charge in [-0.25, -0.2) is 9.89 Å². The molecule has 2 rings (SSSR count). The number of hydrogen-bond acceptors (Lipinski definition) is 7. The second-order valence-corrected chi connectivity index (χ2v) is 6.45. The predicted octanol–water partition coefficient (Wildman–Crippen LogP) is 2.30. The van der Waals surface area contributed by atoms with Crippen LogP contribution in [0.3, 0.4) is 0 Å². The summed E-state index contributed by atoms with van der Waals surface area (Å²) in [6.07, 6.45) is 0.734. The molecule has 2 aromatic rings. The Bertz CT molecular complexity index is 746. The number of rotatable bonds is 6. The lowest BCUT2D eigenvalue weighted by Crippen LogP contribution is -2.17. The molecule has 10 heteroatoms. The summed E-state index contributed by atoms with van der Waals surface area (Å²) in [7, 11) is 0. The van der Waals surface area contributed by atoms with Gasteiger partial charge in [0.15, 0.2) is 10.9 Å². The van der Waals surface area contributed by atoms with E-state index in [9.17, 15) is 19.7 Å². The van der Waals surface area contributed by atoms with Crippen molar-refractivity contribution >= 4 is 34.6 Å². The highest BCUT2D eigenvalue weighted by atomic mass is 32.2. The third-order valence-electron chi connectivity index (χ3n) is 2.58. The van der Waals surface area contributed by atoms with Crippen molar-refractivity contribution in [2.24, 2.45) is 0 Å². The van der Waals surface area contributed by atoms with Crippen LogP contribution < -0.4 is 5.69 Å². The Morgan fingerprint density at radius 3 is 2.90 bits per heavy atom. The number of thiophene rings is 1. The summed E-state index contributed by atoms with van der Waals surface area (Å²) < 4.78 is 1.75. The number of hydrogen-bond donors (Lipinski definition) is 1. The summed E-state index contributed by atoms with van der Waals surface area (Å²) in [5, 5.41) is 17.6. The molecule has 0 unspecified atom stereocenters. The number of ketones is 1. The zero-order valence-corrected chi connectivity index (χ0v) is 12.9. The van der Waals surface area contributed by atoms with Gasteiger partial charge in [-0.1, -0.05) is 6.92 Å². The van der Waals surface area contributed by atoms with Crippen LogP contribution in [0.1, 0.15) is 29.9 Å². The molecule has 1 N–H and O–H groups in total. The Balaban J connectivity index is 2.41.